The molecule has 106 valence electrons. The summed E-state index contributed by atoms with van der Waals surface area (Å²) in [5, 5.41) is 3.89. The molecule has 0 aliphatic carbocycles. The highest BCUT2D eigenvalue weighted by Crippen LogP contribution is 2.16. The molecule has 1 aromatic carbocycles. The van der Waals surface area contributed by atoms with Gasteiger partial charge < -0.3 is 10.3 Å². The molecular weight excluding hydrogens is 254 g/mol. The molecule has 5 nitrogen and oxygen atoms in total. The van der Waals surface area contributed by atoms with Crippen molar-refractivity contribution in [2.24, 2.45) is 0 Å². The third-order valence-electron chi connectivity index (χ3n) is 4.06. The van der Waals surface area contributed by atoms with Gasteiger partial charge in [-0.2, -0.15) is 0 Å². The van der Waals surface area contributed by atoms with Crippen LogP contribution in [0.1, 0.15) is 30.9 Å². The largest absolute Gasteiger partial charge is 0.329 e. The van der Waals surface area contributed by atoms with Crippen LogP contribution in [0.2, 0.25) is 0 Å². The van der Waals surface area contributed by atoms with E-state index in [2.05, 4.69) is 10.3 Å². The third-order valence-corrected chi connectivity index (χ3v) is 4.06. The van der Waals surface area contributed by atoms with Crippen molar-refractivity contribution in [3.8, 4) is 0 Å². The number of hydrogen-bond donors (Lipinski definition) is 2. The fourth-order valence-corrected chi connectivity index (χ4v) is 2.95. The highest BCUT2D eigenvalue weighted by atomic mass is 16.2. The number of H-pyrrole nitrogens is 1. The molecule has 5 heteroatoms. The maximum atomic E-state index is 12.6. The summed E-state index contributed by atoms with van der Waals surface area (Å²) in [4.78, 5) is 27.8. The second kappa shape index (κ2) is 5.25. The van der Waals surface area contributed by atoms with E-state index in [-0.39, 0.29) is 17.3 Å². The molecule has 0 radical (unpaired) electrons. The summed E-state index contributed by atoms with van der Waals surface area (Å²) >= 11 is 0. The molecule has 0 amide bonds. The molecule has 1 atom stereocenters. The predicted molar refractivity (Wildman–Crippen MR) is 79.3 cm³/mol. The fourth-order valence-electron chi connectivity index (χ4n) is 2.95. The van der Waals surface area contributed by atoms with Crippen LogP contribution in [0, 0.1) is 6.92 Å². The fraction of sp³-hybridized carbons (Fsp3) is 0.467. The lowest BCUT2D eigenvalue weighted by Gasteiger charge is -2.17. The molecule has 1 saturated heterocycles. The number of aromatic amines is 1. The van der Waals surface area contributed by atoms with Gasteiger partial charge in [-0.15, -0.1) is 0 Å². The lowest BCUT2D eigenvalue weighted by molar-refractivity contribution is 0.435. The quantitative estimate of drug-likeness (QED) is 0.823. The number of aryl methyl sites for hydroxylation is 1. The van der Waals surface area contributed by atoms with Crippen molar-refractivity contribution in [2.75, 3.05) is 13.1 Å². The predicted octanol–water partition coefficient (Wildman–Crippen LogP) is 1.31. The Bertz CT molecular complexity index is 737. The van der Waals surface area contributed by atoms with E-state index in [0.717, 1.165) is 31.4 Å². The molecule has 20 heavy (non-hydrogen) atoms. The zero-order valence-corrected chi connectivity index (χ0v) is 11.6. The van der Waals surface area contributed by atoms with E-state index < -0.39 is 0 Å². The van der Waals surface area contributed by atoms with Crippen LogP contribution < -0.4 is 16.6 Å². The first kappa shape index (κ1) is 13.1. The molecule has 2 N–H and O–H groups in total. The van der Waals surface area contributed by atoms with Gasteiger partial charge in [-0.3, -0.25) is 9.36 Å². The van der Waals surface area contributed by atoms with Gasteiger partial charge in [0, 0.05) is 6.54 Å². The van der Waals surface area contributed by atoms with Gasteiger partial charge in [0.15, 0.2) is 0 Å². The molecule has 0 saturated carbocycles. The van der Waals surface area contributed by atoms with Crippen LogP contribution in [0.25, 0.3) is 10.9 Å². The summed E-state index contributed by atoms with van der Waals surface area (Å²) in [6.07, 6.45) is 3.00. The smallest absolute Gasteiger partial charge is 0.315 e. The normalized spacial score (nSPS) is 19.9. The number of aromatic nitrogens is 2. The van der Waals surface area contributed by atoms with Gasteiger partial charge in [-0.05, 0) is 37.9 Å². The third kappa shape index (κ3) is 2.18. The van der Waals surface area contributed by atoms with E-state index in [4.69, 9.17) is 0 Å². The van der Waals surface area contributed by atoms with Crippen LogP contribution in [-0.2, 0) is 0 Å². The van der Waals surface area contributed by atoms with Crippen molar-refractivity contribution in [3.63, 3.8) is 0 Å². The standard InChI is InChI=1S/C15H19N3O2/c1-10-5-4-7-12-13(10)17-15(20)18(14(12)19)11-6-2-3-8-16-9-11/h4-5,7,11,16H,2-3,6,8-9H2,1H3,(H,17,20). The second-order valence-corrected chi connectivity index (χ2v) is 5.46. The molecule has 1 unspecified atom stereocenters. The topological polar surface area (TPSA) is 66.9 Å². The van der Waals surface area contributed by atoms with E-state index in [9.17, 15) is 9.59 Å². The summed E-state index contributed by atoms with van der Waals surface area (Å²) in [5.74, 6) is 0. The first-order chi connectivity index (χ1) is 9.68. The van der Waals surface area contributed by atoms with Crippen LogP contribution in [0.4, 0.5) is 0 Å². The summed E-state index contributed by atoms with van der Waals surface area (Å²) in [6, 6.07) is 5.47. The molecule has 0 bridgehead atoms. The van der Waals surface area contributed by atoms with Crippen molar-refractivity contribution in [1.29, 1.82) is 0 Å². The molecule has 2 heterocycles. The van der Waals surface area contributed by atoms with Crippen LogP contribution in [0.5, 0.6) is 0 Å². The minimum atomic E-state index is -0.300. The van der Waals surface area contributed by atoms with Crippen molar-refractivity contribution >= 4 is 10.9 Å². The van der Waals surface area contributed by atoms with Crippen molar-refractivity contribution < 1.29 is 0 Å². The number of nitrogens with zero attached hydrogens (tertiary/aromatic N) is 1. The number of nitrogens with one attached hydrogen (secondary N) is 2. The van der Waals surface area contributed by atoms with E-state index in [1.807, 2.05) is 19.1 Å². The average molecular weight is 273 g/mol. The molecule has 2 aromatic rings. The van der Waals surface area contributed by atoms with Gasteiger partial charge in [0.1, 0.15) is 0 Å². The Morgan fingerprint density at radius 3 is 2.95 bits per heavy atom. The monoisotopic (exact) mass is 273 g/mol. The lowest BCUT2D eigenvalue weighted by Crippen LogP contribution is -2.41. The molecule has 1 aliphatic rings. The molecule has 0 spiro atoms. The number of rotatable bonds is 1. The Kier molecular flexibility index (Phi) is 3.44. The first-order valence-electron chi connectivity index (χ1n) is 7.13. The summed E-state index contributed by atoms with van der Waals surface area (Å²) in [7, 11) is 0. The number of benzene rings is 1. The Morgan fingerprint density at radius 1 is 1.25 bits per heavy atom. The van der Waals surface area contributed by atoms with Gasteiger partial charge in [-0.1, -0.05) is 18.6 Å². The Morgan fingerprint density at radius 2 is 2.10 bits per heavy atom. The zero-order chi connectivity index (χ0) is 14.1. The highest BCUT2D eigenvalue weighted by molar-refractivity contribution is 5.80. The van der Waals surface area contributed by atoms with Crippen LogP contribution in [0.3, 0.4) is 0 Å². The molecule has 1 aromatic heterocycles. The molecule has 1 aliphatic heterocycles. The van der Waals surface area contributed by atoms with Gasteiger partial charge in [-0.25, -0.2) is 4.79 Å². The summed E-state index contributed by atoms with van der Waals surface area (Å²) in [5.41, 5.74) is 1.09. The minimum absolute atomic E-state index is 0.0568. The van der Waals surface area contributed by atoms with Gasteiger partial charge in [0.25, 0.3) is 5.56 Å². The number of para-hydroxylation sites is 1. The van der Waals surface area contributed by atoms with E-state index in [0.29, 0.717) is 17.4 Å². The molecule has 1 fully saturated rings. The second-order valence-electron chi connectivity index (χ2n) is 5.46. The lowest BCUT2D eigenvalue weighted by atomic mass is 10.1. The Hall–Kier alpha value is -1.88. The van der Waals surface area contributed by atoms with Crippen LogP contribution in [0.15, 0.2) is 27.8 Å². The molecular formula is C15H19N3O2. The van der Waals surface area contributed by atoms with Crippen LogP contribution in [-0.4, -0.2) is 22.6 Å². The van der Waals surface area contributed by atoms with Gasteiger partial charge in [0.2, 0.25) is 0 Å². The van der Waals surface area contributed by atoms with Crippen molar-refractivity contribution in [1.82, 2.24) is 14.9 Å². The Labute approximate surface area is 116 Å². The van der Waals surface area contributed by atoms with E-state index in [1.54, 1.807) is 6.07 Å². The van der Waals surface area contributed by atoms with E-state index in [1.165, 1.54) is 4.57 Å². The number of hydrogen-bond acceptors (Lipinski definition) is 3. The maximum absolute atomic E-state index is 12.6. The average Bonchev–Trinajstić information content (AvgIpc) is 2.69. The Balaban J connectivity index is 2.21. The zero-order valence-electron chi connectivity index (χ0n) is 11.6. The highest BCUT2D eigenvalue weighted by Gasteiger charge is 2.19. The van der Waals surface area contributed by atoms with Crippen LogP contribution >= 0.6 is 0 Å². The van der Waals surface area contributed by atoms with Crippen molar-refractivity contribution in [3.05, 3.63) is 44.6 Å². The first-order valence-corrected chi connectivity index (χ1v) is 7.13. The SMILES string of the molecule is Cc1cccc2c(=O)n(C3CCCCNC3)c(=O)[nH]c12. The van der Waals surface area contributed by atoms with Gasteiger partial charge >= 0.3 is 5.69 Å². The van der Waals surface area contributed by atoms with Gasteiger partial charge in [0.05, 0.1) is 16.9 Å². The maximum Gasteiger partial charge on any atom is 0.329 e. The van der Waals surface area contributed by atoms with E-state index >= 15 is 0 Å². The summed E-state index contributed by atoms with van der Waals surface area (Å²) in [6.45, 7) is 3.53. The molecule has 3 rings (SSSR count). The number of fused-ring (bicyclic) bond motifs is 1. The van der Waals surface area contributed by atoms with Crippen molar-refractivity contribution in [2.45, 2.75) is 32.2 Å². The summed E-state index contributed by atoms with van der Waals surface area (Å²) < 4.78 is 1.39. The minimum Gasteiger partial charge on any atom is -0.315 e.